The van der Waals surface area contributed by atoms with E-state index in [1.807, 2.05) is 6.07 Å². The van der Waals surface area contributed by atoms with Crippen LogP contribution in [0.5, 0.6) is 5.75 Å². The first kappa shape index (κ1) is 15.9. The van der Waals surface area contributed by atoms with Crippen molar-refractivity contribution in [1.82, 2.24) is 9.55 Å². The standard InChI is InChI=1S/C17H15N3O3S/c21-14-8-4-3-7-13(14)18-15(22)9-10-20-16(23)11-5-1-2-6-12(11)19-17(20)24/h1-8,21H,9-10H2,(H,18,22)(H,19,24). The number of hydrogen-bond donors (Lipinski definition) is 3. The number of aromatic nitrogens is 2. The molecule has 0 aliphatic carbocycles. The number of fused-ring (bicyclic) bond motifs is 1. The zero-order valence-electron chi connectivity index (χ0n) is 12.7. The quantitative estimate of drug-likeness (QED) is 0.503. The second-order valence-corrected chi connectivity index (χ2v) is 5.63. The van der Waals surface area contributed by atoms with E-state index < -0.39 is 0 Å². The highest BCUT2D eigenvalue weighted by molar-refractivity contribution is 7.71. The third-order valence-corrected chi connectivity index (χ3v) is 3.95. The van der Waals surface area contributed by atoms with Crippen LogP contribution in [0.1, 0.15) is 6.42 Å². The number of nitrogens with one attached hydrogen (secondary N) is 2. The molecule has 0 spiro atoms. The van der Waals surface area contributed by atoms with Crippen LogP contribution in [-0.2, 0) is 11.3 Å². The lowest BCUT2D eigenvalue weighted by atomic mass is 10.2. The Morgan fingerprint density at radius 2 is 1.88 bits per heavy atom. The minimum atomic E-state index is -0.314. The first-order chi connectivity index (χ1) is 11.6. The number of carbonyl (C=O) groups is 1. The summed E-state index contributed by atoms with van der Waals surface area (Å²) in [5, 5.41) is 12.8. The first-order valence-electron chi connectivity index (χ1n) is 7.36. The van der Waals surface area contributed by atoms with Gasteiger partial charge in [-0.2, -0.15) is 0 Å². The normalized spacial score (nSPS) is 10.7. The van der Waals surface area contributed by atoms with E-state index in [4.69, 9.17) is 12.2 Å². The molecule has 2 aromatic carbocycles. The maximum Gasteiger partial charge on any atom is 0.262 e. The molecular formula is C17H15N3O3S. The Morgan fingerprint density at radius 3 is 2.67 bits per heavy atom. The van der Waals surface area contributed by atoms with Crippen molar-refractivity contribution in [3.05, 3.63) is 63.7 Å². The number of amides is 1. The van der Waals surface area contributed by atoms with E-state index in [2.05, 4.69) is 10.3 Å². The van der Waals surface area contributed by atoms with Gasteiger partial charge in [0.2, 0.25) is 5.91 Å². The largest absolute Gasteiger partial charge is 0.506 e. The van der Waals surface area contributed by atoms with Gasteiger partial charge in [-0.1, -0.05) is 24.3 Å². The number of phenolic OH excluding ortho intramolecular Hbond substituents is 1. The molecule has 0 unspecified atom stereocenters. The van der Waals surface area contributed by atoms with Gasteiger partial charge in [0.15, 0.2) is 4.77 Å². The third-order valence-electron chi connectivity index (χ3n) is 3.63. The lowest BCUT2D eigenvalue weighted by Gasteiger charge is -2.09. The predicted octanol–water partition coefficient (Wildman–Crippen LogP) is 2.79. The van der Waals surface area contributed by atoms with E-state index in [0.29, 0.717) is 16.6 Å². The molecule has 122 valence electrons. The van der Waals surface area contributed by atoms with Crippen LogP contribution in [-0.4, -0.2) is 20.6 Å². The summed E-state index contributed by atoms with van der Waals surface area (Å²) < 4.78 is 1.64. The Kier molecular flexibility index (Phi) is 4.43. The lowest BCUT2D eigenvalue weighted by Crippen LogP contribution is -2.25. The molecule has 3 aromatic rings. The molecule has 0 fully saturated rings. The Labute approximate surface area is 142 Å². The van der Waals surface area contributed by atoms with Crippen molar-refractivity contribution >= 4 is 34.7 Å². The summed E-state index contributed by atoms with van der Waals surface area (Å²) in [6, 6.07) is 13.5. The smallest absolute Gasteiger partial charge is 0.262 e. The SMILES string of the molecule is O=C(CCn1c(=S)[nH]c2ccccc2c1=O)Nc1ccccc1O. The van der Waals surface area contributed by atoms with E-state index >= 15 is 0 Å². The zero-order chi connectivity index (χ0) is 17.1. The Balaban J connectivity index is 1.79. The van der Waals surface area contributed by atoms with Crippen molar-refractivity contribution in [2.75, 3.05) is 5.32 Å². The molecule has 0 saturated carbocycles. The molecule has 1 amide bonds. The molecule has 0 aliphatic heterocycles. The minimum Gasteiger partial charge on any atom is -0.506 e. The number of aromatic amines is 1. The van der Waals surface area contributed by atoms with Gasteiger partial charge in [-0.05, 0) is 36.5 Å². The number of phenols is 1. The molecule has 7 heteroatoms. The van der Waals surface area contributed by atoms with Crippen molar-refractivity contribution in [3.8, 4) is 5.75 Å². The molecule has 0 saturated heterocycles. The van der Waals surface area contributed by atoms with Gasteiger partial charge < -0.3 is 15.4 Å². The fourth-order valence-electron chi connectivity index (χ4n) is 2.41. The monoisotopic (exact) mass is 341 g/mol. The number of carbonyl (C=O) groups excluding carboxylic acids is 1. The van der Waals surface area contributed by atoms with Crippen LogP contribution < -0.4 is 10.9 Å². The average molecular weight is 341 g/mol. The van der Waals surface area contributed by atoms with Gasteiger partial charge in [0.05, 0.1) is 16.6 Å². The number of hydrogen-bond acceptors (Lipinski definition) is 4. The van der Waals surface area contributed by atoms with E-state index in [9.17, 15) is 14.7 Å². The molecule has 0 radical (unpaired) electrons. The minimum absolute atomic E-state index is 0.00832. The zero-order valence-corrected chi connectivity index (χ0v) is 13.5. The molecular weight excluding hydrogens is 326 g/mol. The lowest BCUT2D eigenvalue weighted by molar-refractivity contribution is -0.116. The molecule has 3 rings (SSSR count). The Bertz CT molecular complexity index is 1020. The van der Waals surface area contributed by atoms with Crippen molar-refractivity contribution in [2.24, 2.45) is 0 Å². The highest BCUT2D eigenvalue weighted by Crippen LogP contribution is 2.21. The van der Waals surface area contributed by atoms with Gasteiger partial charge in [0.25, 0.3) is 5.56 Å². The highest BCUT2D eigenvalue weighted by Gasteiger charge is 2.09. The van der Waals surface area contributed by atoms with Gasteiger partial charge in [0.1, 0.15) is 5.75 Å². The predicted molar refractivity (Wildman–Crippen MR) is 94.7 cm³/mol. The van der Waals surface area contributed by atoms with Gasteiger partial charge in [-0.15, -0.1) is 0 Å². The van der Waals surface area contributed by atoms with Crippen LogP contribution in [0.2, 0.25) is 0 Å². The molecule has 1 heterocycles. The first-order valence-corrected chi connectivity index (χ1v) is 7.77. The Hall–Kier alpha value is -2.93. The second kappa shape index (κ2) is 6.67. The van der Waals surface area contributed by atoms with Crippen LogP contribution >= 0.6 is 12.2 Å². The number of rotatable bonds is 4. The maximum absolute atomic E-state index is 12.5. The van der Waals surface area contributed by atoms with E-state index in [1.54, 1.807) is 36.4 Å². The highest BCUT2D eigenvalue weighted by atomic mass is 32.1. The number of para-hydroxylation sites is 3. The summed E-state index contributed by atoms with van der Waals surface area (Å²) in [5.41, 5.74) is 0.769. The van der Waals surface area contributed by atoms with E-state index in [0.717, 1.165) is 0 Å². The maximum atomic E-state index is 12.5. The number of benzene rings is 2. The van der Waals surface area contributed by atoms with Gasteiger partial charge in [0, 0.05) is 13.0 Å². The van der Waals surface area contributed by atoms with Crippen molar-refractivity contribution in [3.63, 3.8) is 0 Å². The fraction of sp³-hybridized carbons (Fsp3) is 0.118. The van der Waals surface area contributed by atoms with Crippen molar-refractivity contribution in [2.45, 2.75) is 13.0 Å². The topological polar surface area (TPSA) is 87.1 Å². The summed E-state index contributed by atoms with van der Waals surface area (Å²) in [6.45, 7) is 0.151. The molecule has 3 N–H and O–H groups in total. The molecule has 1 aromatic heterocycles. The van der Waals surface area contributed by atoms with Gasteiger partial charge >= 0.3 is 0 Å². The van der Waals surface area contributed by atoms with Crippen LogP contribution in [0.4, 0.5) is 5.69 Å². The summed E-state index contributed by atoms with van der Waals surface area (Å²) >= 11 is 5.21. The molecule has 0 bridgehead atoms. The molecule has 24 heavy (non-hydrogen) atoms. The average Bonchev–Trinajstić information content (AvgIpc) is 2.57. The molecule has 0 aliphatic rings. The fourth-order valence-corrected chi connectivity index (χ4v) is 2.69. The third kappa shape index (κ3) is 3.21. The number of anilines is 1. The Morgan fingerprint density at radius 1 is 1.17 bits per heavy atom. The van der Waals surface area contributed by atoms with Gasteiger partial charge in [-0.25, -0.2) is 0 Å². The second-order valence-electron chi connectivity index (χ2n) is 5.25. The van der Waals surface area contributed by atoms with Crippen molar-refractivity contribution in [1.29, 1.82) is 0 Å². The number of aromatic hydroxyl groups is 1. The van der Waals surface area contributed by atoms with Crippen LogP contribution in [0, 0.1) is 4.77 Å². The van der Waals surface area contributed by atoms with Crippen LogP contribution in [0.3, 0.4) is 0 Å². The summed E-state index contributed by atoms with van der Waals surface area (Å²) in [6.07, 6.45) is 0.0596. The van der Waals surface area contributed by atoms with Gasteiger partial charge in [-0.3, -0.25) is 14.2 Å². The molecule has 6 nitrogen and oxygen atoms in total. The summed E-state index contributed by atoms with van der Waals surface area (Å²) in [5.74, 6) is -0.322. The van der Waals surface area contributed by atoms with Crippen LogP contribution in [0.15, 0.2) is 53.3 Å². The van der Waals surface area contributed by atoms with E-state index in [1.165, 1.54) is 10.6 Å². The van der Waals surface area contributed by atoms with Crippen molar-refractivity contribution < 1.29 is 9.90 Å². The van der Waals surface area contributed by atoms with Crippen LogP contribution in [0.25, 0.3) is 10.9 Å². The summed E-state index contributed by atoms with van der Waals surface area (Å²) in [4.78, 5) is 27.5. The molecule has 0 atom stereocenters. The number of nitrogens with zero attached hydrogens (tertiary/aromatic N) is 1. The van der Waals surface area contributed by atoms with E-state index in [-0.39, 0.29) is 35.0 Å². The number of H-pyrrole nitrogens is 1. The summed E-state index contributed by atoms with van der Waals surface area (Å²) in [7, 11) is 0.